The SMILES string of the molecule is CCNC(C)(C#N)CCCSc1ncc(C)cn1. The van der Waals surface area contributed by atoms with Crippen LogP contribution in [0, 0.1) is 18.3 Å². The van der Waals surface area contributed by atoms with Crippen LogP contribution < -0.4 is 5.32 Å². The molecule has 1 aromatic heterocycles. The van der Waals surface area contributed by atoms with Gasteiger partial charge in [0.05, 0.1) is 6.07 Å². The van der Waals surface area contributed by atoms with Crippen molar-refractivity contribution in [3.8, 4) is 6.07 Å². The molecule has 0 saturated carbocycles. The number of aromatic nitrogens is 2. The van der Waals surface area contributed by atoms with E-state index in [0.29, 0.717) is 0 Å². The lowest BCUT2D eigenvalue weighted by atomic mass is 9.98. The molecule has 1 rings (SSSR count). The van der Waals surface area contributed by atoms with Crippen molar-refractivity contribution >= 4 is 11.8 Å². The van der Waals surface area contributed by atoms with Gasteiger partial charge in [-0.2, -0.15) is 5.26 Å². The Hall–Kier alpha value is -1.12. The highest BCUT2D eigenvalue weighted by atomic mass is 32.2. The molecule has 1 aromatic rings. The fraction of sp³-hybridized carbons (Fsp3) is 0.615. The Kier molecular flexibility index (Phi) is 6.10. The van der Waals surface area contributed by atoms with Gasteiger partial charge in [0.2, 0.25) is 0 Å². The van der Waals surface area contributed by atoms with Gasteiger partial charge in [0.1, 0.15) is 5.54 Å². The lowest BCUT2D eigenvalue weighted by Crippen LogP contribution is -2.40. The highest BCUT2D eigenvalue weighted by Gasteiger charge is 2.21. The van der Waals surface area contributed by atoms with E-state index in [0.717, 1.165) is 35.9 Å². The molecular weight excluding hydrogens is 244 g/mol. The van der Waals surface area contributed by atoms with Crippen LogP contribution in [0.5, 0.6) is 0 Å². The van der Waals surface area contributed by atoms with E-state index >= 15 is 0 Å². The number of hydrogen-bond acceptors (Lipinski definition) is 5. The zero-order chi connectivity index (χ0) is 13.4. The van der Waals surface area contributed by atoms with Crippen molar-refractivity contribution in [2.75, 3.05) is 12.3 Å². The Morgan fingerprint density at radius 2 is 2.11 bits per heavy atom. The maximum atomic E-state index is 9.12. The highest BCUT2D eigenvalue weighted by molar-refractivity contribution is 7.99. The molecule has 1 atom stereocenters. The van der Waals surface area contributed by atoms with Crippen LogP contribution in [0.15, 0.2) is 17.6 Å². The molecule has 1 heterocycles. The summed E-state index contributed by atoms with van der Waals surface area (Å²) in [6, 6.07) is 2.33. The molecular formula is C13H20N4S. The van der Waals surface area contributed by atoms with Crippen LogP contribution in [0.1, 0.15) is 32.3 Å². The number of nitrogens with zero attached hydrogens (tertiary/aromatic N) is 3. The molecule has 18 heavy (non-hydrogen) atoms. The molecule has 0 aliphatic carbocycles. The van der Waals surface area contributed by atoms with Crippen molar-refractivity contribution in [2.24, 2.45) is 0 Å². The van der Waals surface area contributed by atoms with Crippen LogP contribution in [0.3, 0.4) is 0 Å². The summed E-state index contributed by atoms with van der Waals surface area (Å²) < 4.78 is 0. The van der Waals surface area contributed by atoms with Gasteiger partial charge in [-0.25, -0.2) is 9.97 Å². The molecule has 1 N–H and O–H groups in total. The van der Waals surface area contributed by atoms with Crippen LogP contribution >= 0.6 is 11.8 Å². The van der Waals surface area contributed by atoms with E-state index < -0.39 is 5.54 Å². The first kappa shape index (κ1) is 14.9. The Bertz CT molecular complexity index is 398. The molecule has 0 aliphatic rings. The van der Waals surface area contributed by atoms with E-state index in [-0.39, 0.29) is 0 Å². The first-order valence-corrected chi connectivity index (χ1v) is 7.16. The van der Waals surface area contributed by atoms with Crippen molar-refractivity contribution < 1.29 is 0 Å². The quantitative estimate of drug-likeness (QED) is 0.466. The summed E-state index contributed by atoms with van der Waals surface area (Å²) in [7, 11) is 0. The standard InChI is InChI=1S/C13H20N4S/c1-4-17-13(3,10-14)6-5-7-18-12-15-8-11(2)9-16-12/h8-9,17H,4-7H2,1-3H3. The zero-order valence-corrected chi connectivity index (χ0v) is 12.0. The molecule has 4 nitrogen and oxygen atoms in total. The number of nitriles is 1. The van der Waals surface area contributed by atoms with Crippen molar-refractivity contribution in [1.82, 2.24) is 15.3 Å². The maximum absolute atomic E-state index is 9.12. The molecule has 0 fully saturated rings. The van der Waals surface area contributed by atoms with E-state index in [1.165, 1.54) is 0 Å². The highest BCUT2D eigenvalue weighted by Crippen LogP contribution is 2.18. The second kappa shape index (κ2) is 7.34. The van der Waals surface area contributed by atoms with Gasteiger partial charge >= 0.3 is 0 Å². The van der Waals surface area contributed by atoms with Gasteiger partial charge in [-0.05, 0) is 38.8 Å². The summed E-state index contributed by atoms with van der Waals surface area (Å²) in [5.41, 5.74) is 0.659. The fourth-order valence-electron chi connectivity index (χ4n) is 1.62. The maximum Gasteiger partial charge on any atom is 0.187 e. The fourth-order valence-corrected chi connectivity index (χ4v) is 2.34. The second-order valence-corrected chi connectivity index (χ2v) is 5.53. The summed E-state index contributed by atoms with van der Waals surface area (Å²) in [6.07, 6.45) is 5.47. The lowest BCUT2D eigenvalue weighted by Gasteiger charge is -2.21. The average molecular weight is 264 g/mol. The van der Waals surface area contributed by atoms with E-state index in [2.05, 4.69) is 21.4 Å². The summed E-state index contributed by atoms with van der Waals surface area (Å²) in [4.78, 5) is 8.48. The smallest absolute Gasteiger partial charge is 0.187 e. The summed E-state index contributed by atoms with van der Waals surface area (Å²) in [6.45, 7) is 6.76. The third kappa shape index (κ3) is 5.03. The van der Waals surface area contributed by atoms with Gasteiger partial charge in [0.25, 0.3) is 0 Å². The number of nitrogens with one attached hydrogen (secondary N) is 1. The van der Waals surface area contributed by atoms with Gasteiger partial charge in [-0.1, -0.05) is 18.7 Å². The van der Waals surface area contributed by atoms with Crippen molar-refractivity contribution in [2.45, 2.75) is 44.3 Å². The average Bonchev–Trinajstić information content (AvgIpc) is 2.37. The number of aryl methyl sites for hydroxylation is 1. The Labute approximate surface area is 113 Å². The molecule has 0 saturated heterocycles. The van der Waals surface area contributed by atoms with Crippen molar-refractivity contribution in [3.63, 3.8) is 0 Å². The molecule has 0 aromatic carbocycles. The molecule has 0 amide bonds. The molecule has 0 aliphatic heterocycles. The molecule has 98 valence electrons. The minimum Gasteiger partial charge on any atom is -0.300 e. The second-order valence-electron chi connectivity index (χ2n) is 4.47. The molecule has 0 radical (unpaired) electrons. The lowest BCUT2D eigenvalue weighted by molar-refractivity contribution is 0.426. The zero-order valence-electron chi connectivity index (χ0n) is 11.2. The predicted molar refractivity (Wildman–Crippen MR) is 74.4 cm³/mol. The van der Waals surface area contributed by atoms with Crippen LogP contribution in [-0.4, -0.2) is 27.8 Å². The normalized spacial score (nSPS) is 13.9. The first-order chi connectivity index (χ1) is 8.59. The summed E-state index contributed by atoms with van der Waals surface area (Å²) in [5, 5.41) is 13.1. The summed E-state index contributed by atoms with van der Waals surface area (Å²) >= 11 is 1.64. The van der Waals surface area contributed by atoms with E-state index in [9.17, 15) is 0 Å². The third-order valence-electron chi connectivity index (χ3n) is 2.62. The van der Waals surface area contributed by atoms with Gasteiger partial charge in [-0.15, -0.1) is 0 Å². The van der Waals surface area contributed by atoms with Gasteiger partial charge in [-0.3, -0.25) is 5.32 Å². The third-order valence-corrected chi connectivity index (χ3v) is 3.59. The van der Waals surface area contributed by atoms with Gasteiger partial charge in [0, 0.05) is 18.1 Å². The largest absolute Gasteiger partial charge is 0.300 e. The van der Waals surface area contributed by atoms with E-state index in [1.807, 2.05) is 33.2 Å². The number of thioether (sulfide) groups is 1. The van der Waals surface area contributed by atoms with Crippen molar-refractivity contribution in [3.05, 3.63) is 18.0 Å². The molecule has 1 unspecified atom stereocenters. The van der Waals surface area contributed by atoms with E-state index in [4.69, 9.17) is 5.26 Å². The molecule has 0 spiro atoms. The Balaban J connectivity index is 2.30. The van der Waals surface area contributed by atoms with Crippen LogP contribution in [-0.2, 0) is 0 Å². The first-order valence-electron chi connectivity index (χ1n) is 6.17. The van der Waals surface area contributed by atoms with E-state index in [1.54, 1.807) is 11.8 Å². The number of rotatable bonds is 7. The Morgan fingerprint density at radius 1 is 1.44 bits per heavy atom. The van der Waals surface area contributed by atoms with Crippen LogP contribution in [0.4, 0.5) is 0 Å². The van der Waals surface area contributed by atoms with Gasteiger partial charge < -0.3 is 0 Å². The Morgan fingerprint density at radius 3 is 2.67 bits per heavy atom. The number of hydrogen-bond donors (Lipinski definition) is 1. The molecule has 5 heteroatoms. The van der Waals surface area contributed by atoms with Crippen LogP contribution in [0.2, 0.25) is 0 Å². The summed E-state index contributed by atoms with van der Waals surface area (Å²) in [5.74, 6) is 0.936. The topological polar surface area (TPSA) is 61.6 Å². The van der Waals surface area contributed by atoms with Crippen molar-refractivity contribution in [1.29, 1.82) is 5.26 Å². The van der Waals surface area contributed by atoms with Gasteiger partial charge in [0.15, 0.2) is 5.16 Å². The minimum atomic E-state index is -0.413. The minimum absolute atomic E-state index is 0.413. The van der Waals surface area contributed by atoms with Crippen LogP contribution in [0.25, 0.3) is 0 Å². The molecule has 0 bridgehead atoms. The monoisotopic (exact) mass is 264 g/mol. The predicted octanol–water partition coefficient (Wildman–Crippen LogP) is 2.55.